The normalized spacial score (nSPS) is 11.4. The van der Waals surface area contributed by atoms with Crippen LogP contribution < -0.4 is 9.47 Å². The van der Waals surface area contributed by atoms with E-state index in [-0.39, 0.29) is 28.1 Å². The van der Waals surface area contributed by atoms with E-state index in [1.807, 2.05) is 6.92 Å². The van der Waals surface area contributed by atoms with E-state index in [9.17, 15) is 13.5 Å². The average molecular weight is 390 g/mol. The van der Waals surface area contributed by atoms with E-state index < -0.39 is 9.84 Å². The van der Waals surface area contributed by atoms with Gasteiger partial charge in [-0.05, 0) is 43.3 Å². The summed E-state index contributed by atoms with van der Waals surface area (Å²) in [7, 11) is -2.10. The van der Waals surface area contributed by atoms with Crippen molar-refractivity contribution in [2.75, 3.05) is 20.0 Å². The maximum Gasteiger partial charge on any atom is 0.258 e. The molecule has 9 heteroatoms. The molecule has 0 atom stereocenters. The van der Waals surface area contributed by atoms with Gasteiger partial charge in [0.15, 0.2) is 21.3 Å². The fraction of sp³-hybridized carbons (Fsp3) is 0.222. The molecule has 0 amide bonds. The minimum absolute atomic E-state index is 0.0114. The Kier molecular flexibility index (Phi) is 5.04. The van der Waals surface area contributed by atoms with E-state index in [0.717, 1.165) is 6.26 Å². The van der Waals surface area contributed by atoms with Gasteiger partial charge in [-0.15, -0.1) is 0 Å². The van der Waals surface area contributed by atoms with Gasteiger partial charge in [-0.1, -0.05) is 5.16 Å². The summed E-state index contributed by atoms with van der Waals surface area (Å²) in [6.07, 6.45) is 1.10. The summed E-state index contributed by atoms with van der Waals surface area (Å²) in [6, 6.07) is 9.29. The minimum atomic E-state index is -3.50. The molecule has 1 heterocycles. The van der Waals surface area contributed by atoms with Gasteiger partial charge in [0.1, 0.15) is 10.6 Å². The molecule has 0 unspecified atom stereocenters. The zero-order chi connectivity index (χ0) is 19.6. The first-order valence-electron chi connectivity index (χ1n) is 8.02. The lowest BCUT2D eigenvalue weighted by atomic mass is 10.2. The number of hydrogen-bond acceptors (Lipinski definition) is 8. The third kappa shape index (κ3) is 3.87. The van der Waals surface area contributed by atoms with Gasteiger partial charge in [0, 0.05) is 17.4 Å². The van der Waals surface area contributed by atoms with Crippen LogP contribution >= 0.6 is 0 Å². The Morgan fingerprint density at radius 1 is 1.11 bits per heavy atom. The standard InChI is InChI=1S/C18H18N2O6S/c1-4-25-15-9-11(5-7-13(15)21)17-19-18(26-20-17)12-6-8-14(24-2)16(10-12)27(3,22)23/h5-10,21H,4H2,1-3H3. The molecule has 8 nitrogen and oxygen atoms in total. The Bertz CT molecular complexity index is 1080. The molecule has 2 aromatic carbocycles. The van der Waals surface area contributed by atoms with Crippen LogP contribution in [0.3, 0.4) is 0 Å². The molecule has 0 saturated heterocycles. The molecule has 0 saturated carbocycles. The molecule has 0 bridgehead atoms. The maximum atomic E-state index is 12.0. The quantitative estimate of drug-likeness (QED) is 0.684. The number of nitrogens with zero attached hydrogens (tertiary/aromatic N) is 2. The van der Waals surface area contributed by atoms with Crippen LogP contribution in [0.4, 0.5) is 0 Å². The van der Waals surface area contributed by atoms with Crippen molar-refractivity contribution in [3.8, 4) is 40.1 Å². The monoisotopic (exact) mass is 390 g/mol. The van der Waals surface area contributed by atoms with Gasteiger partial charge >= 0.3 is 0 Å². The third-order valence-corrected chi connectivity index (χ3v) is 4.87. The first kappa shape index (κ1) is 18.7. The molecule has 3 aromatic rings. The lowest BCUT2D eigenvalue weighted by molar-refractivity contribution is 0.318. The van der Waals surface area contributed by atoms with Crippen molar-refractivity contribution in [1.82, 2.24) is 10.1 Å². The molecule has 142 valence electrons. The summed E-state index contributed by atoms with van der Waals surface area (Å²) in [6.45, 7) is 2.20. The van der Waals surface area contributed by atoms with Gasteiger partial charge in [-0.2, -0.15) is 4.98 Å². The molecule has 1 N–H and O–H groups in total. The molecular formula is C18H18N2O6S. The van der Waals surface area contributed by atoms with Crippen LogP contribution in [-0.2, 0) is 9.84 Å². The van der Waals surface area contributed by atoms with Crippen molar-refractivity contribution < 1.29 is 27.5 Å². The Balaban J connectivity index is 2.01. The van der Waals surface area contributed by atoms with E-state index in [4.69, 9.17) is 14.0 Å². The molecular weight excluding hydrogens is 372 g/mol. The van der Waals surface area contributed by atoms with Crippen molar-refractivity contribution in [3.63, 3.8) is 0 Å². The van der Waals surface area contributed by atoms with Gasteiger partial charge in [-0.3, -0.25) is 0 Å². The second-order valence-corrected chi connectivity index (χ2v) is 7.66. The number of methoxy groups -OCH3 is 1. The highest BCUT2D eigenvalue weighted by Crippen LogP contribution is 2.33. The predicted molar refractivity (Wildman–Crippen MR) is 97.7 cm³/mol. The Hall–Kier alpha value is -3.07. The Morgan fingerprint density at radius 2 is 1.85 bits per heavy atom. The zero-order valence-corrected chi connectivity index (χ0v) is 15.8. The molecule has 0 spiro atoms. The van der Waals surface area contributed by atoms with E-state index in [0.29, 0.717) is 23.5 Å². The van der Waals surface area contributed by atoms with Crippen LogP contribution in [0.1, 0.15) is 6.92 Å². The minimum Gasteiger partial charge on any atom is -0.504 e. The summed E-state index contributed by atoms with van der Waals surface area (Å²) in [4.78, 5) is 4.34. The van der Waals surface area contributed by atoms with Crippen LogP contribution in [0.25, 0.3) is 22.8 Å². The second kappa shape index (κ2) is 7.28. The number of sulfone groups is 1. The molecule has 0 aliphatic rings. The summed E-state index contributed by atoms with van der Waals surface area (Å²) in [5.41, 5.74) is 1.03. The number of rotatable bonds is 6. The number of phenolic OH excluding ortho intramolecular Hbond substituents is 1. The molecule has 0 radical (unpaired) electrons. The van der Waals surface area contributed by atoms with Gasteiger partial charge in [0.2, 0.25) is 5.82 Å². The number of hydrogen-bond donors (Lipinski definition) is 1. The highest BCUT2D eigenvalue weighted by atomic mass is 32.2. The number of aromatic hydroxyl groups is 1. The van der Waals surface area contributed by atoms with Crippen LogP contribution in [0.2, 0.25) is 0 Å². The number of benzene rings is 2. The highest BCUT2D eigenvalue weighted by molar-refractivity contribution is 7.90. The van der Waals surface area contributed by atoms with Crippen LogP contribution in [0, 0.1) is 0 Å². The van der Waals surface area contributed by atoms with E-state index in [1.165, 1.54) is 25.3 Å². The summed E-state index contributed by atoms with van der Waals surface area (Å²) < 4.78 is 39.7. The fourth-order valence-corrected chi connectivity index (χ4v) is 3.34. The van der Waals surface area contributed by atoms with E-state index >= 15 is 0 Å². The molecule has 0 fully saturated rings. The van der Waals surface area contributed by atoms with E-state index in [1.54, 1.807) is 18.2 Å². The lowest BCUT2D eigenvalue weighted by Crippen LogP contribution is -2.01. The highest BCUT2D eigenvalue weighted by Gasteiger charge is 2.19. The van der Waals surface area contributed by atoms with Crippen molar-refractivity contribution in [1.29, 1.82) is 0 Å². The van der Waals surface area contributed by atoms with Gasteiger partial charge in [0.25, 0.3) is 5.89 Å². The molecule has 0 aliphatic heterocycles. The maximum absolute atomic E-state index is 12.0. The Labute approximate surface area is 156 Å². The van der Waals surface area contributed by atoms with E-state index in [2.05, 4.69) is 10.1 Å². The lowest BCUT2D eigenvalue weighted by Gasteiger charge is -2.07. The predicted octanol–water partition coefficient (Wildman–Crippen LogP) is 2.92. The zero-order valence-electron chi connectivity index (χ0n) is 15.0. The van der Waals surface area contributed by atoms with Gasteiger partial charge < -0.3 is 19.1 Å². The fourth-order valence-electron chi connectivity index (χ4n) is 2.48. The number of phenols is 1. The molecule has 1 aromatic heterocycles. The smallest absolute Gasteiger partial charge is 0.258 e. The number of aromatic nitrogens is 2. The molecule has 3 rings (SSSR count). The third-order valence-electron chi connectivity index (χ3n) is 3.75. The largest absolute Gasteiger partial charge is 0.504 e. The summed E-state index contributed by atoms with van der Waals surface area (Å²) in [5.74, 6) is 0.995. The van der Waals surface area contributed by atoms with Gasteiger partial charge in [0.05, 0.1) is 13.7 Å². The summed E-state index contributed by atoms with van der Waals surface area (Å²) >= 11 is 0. The van der Waals surface area contributed by atoms with Crippen molar-refractivity contribution in [2.45, 2.75) is 11.8 Å². The van der Waals surface area contributed by atoms with Crippen LogP contribution in [0.15, 0.2) is 45.8 Å². The van der Waals surface area contributed by atoms with Crippen molar-refractivity contribution >= 4 is 9.84 Å². The summed E-state index contributed by atoms with van der Waals surface area (Å²) in [5, 5.41) is 13.7. The van der Waals surface area contributed by atoms with Crippen LogP contribution in [0.5, 0.6) is 17.2 Å². The number of ether oxygens (including phenoxy) is 2. The van der Waals surface area contributed by atoms with Crippen LogP contribution in [-0.4, -0.2) is 43.6 Å². The average Bonchev–Trinajstić information content (AvgIpc) is 3.12. The Morgan fingerprint density at radius 3 is 2.52 bits per heavy atom. The van der Waals surface area contributed by atoms with Crippen molar-refractivity contribution in [2.24, 2.45) is 0 Å². The first-order valence-corrected chi connectivity index (χ1v) is 9.91. The second-order valence-electron chi connectivity index (χ2n) is 5.68. The van der Waals surface area contributed by atoms with Gasteiger partial charge in [-0.25, -0.2) is 8.42 Å². The molecule has 0 aliphatic carbocycles. The SMILES string of the molecule is CCOc1cc(-c2noc(-c3ccc(OC)c(S(C)(=O)=O)c3)n2)ccc1O. The first-order chi connectivity index (χ1) is 12.8. The van der Waals surface area contributed by atoms with Crippen molar-refractivity contribution in [3.05, 3.63) is 36.4 Å². The molecule has 27 heavy (non-hydrogen) atoms. The topological polar surface area (TPSA) is 112 Å².